The summed E-state index contributed by atoms with van der Waals surface area (Å²) in [6, 6.07) is 21.0. The lowest BCUT2D eigenvalue weighted by atomic mass is 10.1. The number of hydrogen-bond acceptors (Lipinski definition) is 4. The van der Waals surface area contributed by atoms with E-state index < -0.39 is 0 Å². The molecule has 1 amide bonds. The molecule has 4 aromatic rings. The maximum absolute atomic E-state index is 13.2. The minimum absolute atomic E-state index is 0.292. The molecule has 6 nitrogen and oxygen atoms in total. The van der Waals surface area contributed by atoms with E-state index in [-0.39, 0.29) is 11.7 Å². The molecule has 4 rings (SSSR count). The number of hydrogen-bond donors (Lipinski definition) is 1. The van der Waals surface area contributed by atoms with Crippen molar-refractivity contribution >= 4 is 11.6 Å². The fourth-order valence-electron chi connectivity index (χ4n) is 3.18. The van der Waals surface area contributed by atoms with Crippen molar-refractivity contribution in [3.05, 3.63) is 89.7 Å². The Morgan fingerprint density at radius 1 is 1.06 bits per heavy atom. The minimum atomic E-state index is -0.390. The first kappa shape index (κ1) is 22.2. The lowest BCUT2D eigenvalue weighted by Gasteiger charge is -2.10. The zero-order valence-corrected chi connectivity index (χ0v) is 18.7. The maximum atomic E-state index is 13.2. The van der Waals surface area contributed by atoms with Crippen LogP contribution in [-0.2, 0) is 0 Å². The summed E-state index contributed by atoms with van der Waals surface area (Å²) < 4.78 is 20.6. The van der Waals surface area contributed by atoms with Gasteiger partial charge in [0.05, 0.1) is 12.3 Å². The second-order valence-corrected chi connectivity index (χ2v) is 8.21. The fourth-order valence-corrected chi connectivity index (χ4v) is 3.18. The molecular weight excluding hydrogens is 419 g/mol. The van der Waals surface area contributed by atoms with Crippen LogP contribution in [0.2, 0.25) is 0 Å². The predicted octanol–water partition coefficient (Wildman–Crippen LogP) is 5.67. The highest BCUT2D eigenvalue weighted by atomic mass is 19.1. The van der Waals surface area contributed by atoms with Crippen LogP contribution in [0.5, 0.6) is 6.01 Å². The molecule has 0 saturated heterocycles. The van der Waals surface area contributed by atoms with E-state index in [1.165, 1.54) is 24.3 Å². The van der Waals surface area contributed by atoms with Crippen LogP contribution in [-0.4, -0.2) is 27.3 Å². The van der Waals surface area contributed by atoms with Crippen molar-refractivity contribution in [2.75, 3.05) is 11.9 Å². The van der Waals surface area contributed by atoms with E-state index in [2.05, 4.69) is 29.2 Å². The Balaban J connectivity index is 1.66. The standard InChI is InChI=1S/C26H25FN4O2/c1-17(2)16-33-26-29-24(19-9-7-18(3)8-10-19)31(30-26)23-6-4-5-22(15-23)28-25(32)20-11-13-21(27)14-12-20/h4-15,17H,16H2,1-3H3,(H,28,32). The molecule has 1 heterocycles. The summed E-state index contributed by atoms with van der Waals surface area (Å²) in [5, 5.41) is 7.42. The average Bonchev–Trinajstić information content (AvgIpc) is 3.23. The van der Waals surface area contributed by atoms with Crippen molar-refractivity contribution in [1.29, 1.82) is 0 Å². The average molecular weight is 445 g/mol. The van der Waals surface area contributed by atoms with Crippen LogP contribution in [0, 0.1) is 18.7 Å². The molecule has 0 bridgehead atoms. The molecule has 0 spiro atoms. The molecule has 7 heteroatoms. The molecule has 0 aliphatic carbocycles. The molecule has 0 aliphatic rings. The number of anilines is 1. The number of nitrogens with one attached hydrogen (secondary N) is 1. The van der Waals surface area contributed by atoms with Crippen LogP contribution >= 0.6 is 0 Å². The third-order valence-corrected chi connectivity index (χ3v) is 4.90. The van der Waals surface area contributed by atoms with Crippen molar-refractivity contribution in [1.82, 2.24) is 14.8 Å². The van der Waals surface area contributed by atoms with E-state index in [9.17, 15) is 9.18 Å². The quantitative estimate of drug-likeness (QED) is 0.399. The van der Waals surface area contributed by atoms with Gasteiger partial charge in [0.25, 0.3) is 5.91 Å². The van der Waals surface area contributed by atoms with E-state index in [1.807, 2.05) is 43.3 Å². The number of benzene rings is 3. The number of aryl methyl sites for hydroxylation is 1. The van der Waals surface area contributed by atoms with Crippen LogP contribution in [0.1, 0.15) is 29.8 Å². The molecule has 0 fully saturated rings. The lowest BCUT2D eigenvalue weighted by molar-refractivity contribution is 0.102. The van der Waals surface area contributed by atoms with E-state index in [0.29, 0.717) is 35.6 Å². The smallest absolute Gasteiger partial charge is 0.336 e. The number of halogens is 1. The number of amides is 1. The van der Waals surface area contributed by atoms with Crippen LogP contribution in [0.15, 0.2) is 72.8 Å². The third kappa shape index (κ3) is 5.44. The Bertz CT molecular complexity index is 1250. The van der Waals surface area contributed by atoms with Crippen LogP contribution in [0.3, 0.4) is 0 Å². The SMILES string of the molecule is Cc1ccc(-c2nc(OCC(C)C)nn2-c2cccc(NC(=O)c3ccc(F)cc3)c2)cc1. The summed E-state index contributed by atoms with van der Waals surface area (Å²) in [4.78, 5) is 17.2. The summed E-state index contributed by atoms with van der Waals surface area (Å²) in [5.74, 6) is 0.254. The zero-order valence-electron chi connectivity index (χ0n) is 18.7. The Hall–Kier alpha value is -4.00. The van der Waals surface area contributed by atoms with Gasteiger partial charge >= 0.3 is 6.01 Å². The van der Waals surface area contributed by atoms with E-state index >= 15 is 0 Å². The van der Waals surface area contributed by atoms with Gasteiger partial charge in [0.2, 0.25) is 0 Å². The molecule has 1 N–H and O–H groups in total. The summed E-state index contributed by atoms with van der Waals surface area (Å²) in [6.07, 6.45) is 0. The molecule has 33 heavy (non-hydrogen) atoms. The molecule has 1 aromatic heterocycles. The highest BCUT2D eigenvalue weighted by Crippen LogP contribution is 2.25. The summed E-state index contributed by atoms with van der Waals surface area (Å²) >= 11 is 0. The van der Waals surface area contributed by atoms with Crippen molar-refractivity contribution in [3.63, 3.8) is 0 Å². The number of nitrogens with zero attached hydrogens (tertiary/aromatic N) is 3. The summed E-state index contributed by atoms with van der Waals surface area (Å²) in [5.41, 5.74) is 3.71. The molecule has 0 saturated carbocycles. The van der Waals surface area contributed by atoms with Gasteiger partial charge in [-0.15, -0.1) is 5.10 Å². The Morgan fingerprint density at radius 3 is 2.48 bits per heavy atom. The Labute approximate surface area is 192 Å². The number of carbonyl (C=O) groups is 1. The van der Waals surface area contributed by atoms with Crippen molar-refractivity contribution < 1.29 is 13.9 Å². The van der Waals surface area contributed by atoms with Gasteiger partial charge in [-0.05, 0) is 55.3 Å². The van der Waals surface area contributed by atoms with Gasteiger partial charge < -0.3 is 10.1 Å². The Kier molecular flexibility index (Phi) is 6.49. The molecule has 168 valence electrons. The number of ether oxygens (including phenoxy) is 1. The minimum Gasteiger partial charge on any atom is -0.462 e. The van der Waals surface area contributed by atoms with Crippen molar-refractivity contribution in [3.8, 4) is 23.1 Å². The van der Waals surface area contributed by atoms with Gasteiger partial charge in [-0.25, -0.2) is 9.07 Å². The summed E-state index contributed by atoms with van der Waals surface area (Å²) in [7, 11) is 0. The van der Waals surface area contributed by atoms with Crippen LogP contribution in [0.4, 0.5) is 10.1 Å². The van der Waals surface area contributed by atoms with Crippen molar-refractivity contribution in [2.45, 2.75) is 20.8 Å². The first-order valence-corrected chi connectivity index (χ1v) is 10.7. The molecule has 0 aliphatic heterocycles. The largest absolute Gasteiger partial charge is 0.462 e. The maximum Gasteiger partial charge on any atom is 0.336 e. The van der Waals surface area contributed by atoms with Gasteiger partial charge in [-0.3, -0.25) is 4.79 Å². The summed E-state index contributed by atoms with van der Waals surface area (Å²) in [6.45, 7) is 6.65. The van der Waals surface area contributed by atoms with Gasteiger partial charge in [-0.2, -0.15) is 4.98 Å². The molecule has 0 radical (unpaired) electrons. The van der Waals surface area contributed by atoms with Gasteiger partial charge in [-0.1, -0.05) is 49.7 Å². The van der Waals surface area contributed by atoms with Crippen molar-refractivity contribution in [2.24, 2.45) is 5.92 Å². The first-order chi connectivity index (χ1) is 15.9. The second kappa shape index (κ2) is 9.65. The van der Waals surface area contributed by atoms with Crippen LogP contribution in [0.25, 0.3) is 17.1 Å². The monoisotopic (exact) mass is 444 g/mol. The number of aromatic nitrogens is 3. The molecule has 3 aromatic carbocycles. The Morgan fingerprint density at radius 2 is 1.79 bits per heavy atom. The van der Waals surface area contributed by atoms with E-state index in [0.717, 1.165) is 16.8 Å². The van der Waals surface area contributed by atoms with Crippen LogP contribution < -0.4 is 10.1 Å². The fraction of sp³-hybridized carbons (Fsp3) is 0.192. The topological polar surface area (TPSA) is 69.0 Å². The number of carbonyl (C=O) groups excluding carboxylic acids is 1. The van der Waals surface area contributed by atoms with Gasteiger partial charge in [0.15, 0.2) is 5.82 Å². The highest BCUT2D eigenvalue weighted by Gasteiger charge is 2.16. The molecule has 0 atom stereocenters. The van der Waals surface area contributed by atoms with E-state index in [4.69, 9.17) is 4.74 Å². The van der Waals surface area contributed by atoms with Gasteiger partial charge in [0.1, 0.15) is 5.82 Å². The number of rotatable bonds is 7. The zero-order chi connectivity index (χ0) is 23.4. The van der Waals surface area contributed by atoms with Gasteiger partial charge in [0, 0.05) is 16.8 Å². The third-order valence-electron chi connectivity index (χ3n) is 4.90. The van der Waals surface area contributed by atoms with E-state index in [1.54, 1.807) is 16.8 Å². The lowest BCUT2D eigenvalue weighted by Crippen LogP contribution is -2.12. The molecular formula is C26H25FN4O2. The first-order valence-electron chi connectivity index (χ1n) is 10.7. The second-order valence-electron chi connectivity index (χ2n) is 8.21. The molecule has 0 unspecified atom stereocenters. The predicted molar refractivity (Wildman–Crippen MR) is 126 cm³/mol. The highest BCUT2D eigenvalue weighted by molar-refractivity contribution is 6.04. The normalized spacial score (nSPS) is 10.9.